The fourth-order valence-corrected chi connectivity index (χ4v) is 1.07. The third-order valence-corrected chi connectivity index (χ3v) is 1.68. The summed E-state index contributed by atoms with van der Waals surface area (Å²) >= 11 is 0. The Labute approximate surface area is 88.2 Å². The van der Waals surface area contributed by atoms with Crippen molar-refractivity contribution in [2.24, 2.45) is 0 Å². The molecule has 1 N–H and O–H groups in total. The van der Waals surface area contributed by atoms with Crippen molar-refractivity contribution >= 4 is 0 Å². The van der Waals surface area contributed by atoms with Crippen LogP contribution in [0.1, 0.15) is 34.6 Å². The van der Waals surface area contributed by atoms with Crippen molar-refractivity contribution in [3.05, 3.63) is 0 Å². The molecule has 0 radical (unpaired) electrons. The Kier molecular flexibility index (Phi) is 7.15. The van der Waals surface area contributed by atoms with Crippen molar-refractivity contribution in [1.82, 2.24) is 5.32 Å². The number of hydrogen-bond acceptors (Lipinski definition) is 3. The Balaban J connectivity index is 3.21. The van der Waals surface area contributed by atoms with Crippen molar-refractivity contribution in [3.8, 4) is 0 Å². The van der Waals surface area contributed by atoms with Gasteiger partial charge in [-0.15, -0.1) is 0 Å². The van der Waals surface area contributed by atoms with E-state index in [1.165, 1.54) is 0 Å². The Morgan fingerprint density at radius 1 is 1.21 bits per heavy atom. The van der Waals surface area contributed by atoms with E-state index >= 15 is 0 Å². The molecule has 0 bridgehead atoms. The minimum atomic E-state index is -0.0589. The van der Waals surface area contributed by atoms with Gasteiger partial charge >= 0.3 is 0 Å². The third kappa shape index (κ3) is 9.96. The lowest BCUT2D eigenvalue weighted by atomic mass is 10.2. The fourth-order valence-electron chi connectivity index (χ4n) is 1.07. The molecule has 0 aromatic carbocycles. The van der Waals surface area contributed by atoms with E-state index in [4.69, 9.17) is 9.47 Å². The highest BCUT2D eigenvalue weighted by Crippen LogP contribution is 2.05. The molecule has 0 amide bonds. The lowest BCUT2D eigenvalue weighted by molar-refractivity contribution is -0.0367. The summed E-state index contributed by atoms with van der Waals surface area (Å²) in [6, 6.07) is 0.426. The highest BCUT2D eigenvalue weighted by atomic mass is 16.5. The molecule has 0 aromatic heterocycles. The Morgan fingerprint density at radius 2 is 1.86 bits per heavy atom. The molecular formula is C11H25NO2. The van der Waals surface area contributed by atoms with E-state index < -0.39 is 0 Å². The number of rotatable bonds is 7. The molecule has 0 spiro atoms. The quantitative estimate of drug-likeness (QED) is 0.640. The van der Waals surface area contributed by atoms with Crippen LogP contribution < -0.4 is 5.32 Å². The van der Waals surface area contributed by atoms with Crippen LogP contribution in [-0.4, -0.2) is 38.0 Å². The van der Waals surface area contributed by atoms with E-state index in [1.54, 1.807) is 0 Å². The Morgan fingerprint density at radius 3 is 2.36 bits per heavy atom. The molecule has 0 aromatic rings. The Hall–Kier alpha value is -0.120. The van der Waals surface area contributed by atoms with Crippen LogP contribution in [0.4, 0.5) is 0 Å². The van der Waals surface area contributed by atoms with Crippen molar-refractivity contribution < 1.29 is 9.47 Å². The van der Waals surface area contributed by atoms with Gasteiger partial charge in [-0.3, -0.25) is 0 Å². The molecule has 0 saturated heterocycles. The third-order valence-electron chi connectivity index (χ3n) is 1.68. The van der Waals surface area contributed by atoms with Crippen LogP contribution in [0.2, 0.25) is 0 Å². The molecule has 0 fully saturated rings. The van der Waals surface area contributed by atoms with E-state index in [0.29, 0.717) is 19.3 Å². The minimum Gasteiger partial charge on any atom is -0.377 e. The van der Waals surface area contributed by atoms with Crippen LogP contribution in [-0.2, 0) is 9.47 Å². The van der Waals surface area contributed by atoms with Gasteiger partial charge in [-0.1, -0.05) is 6.92 Å². The molecule has 0 rings (SSSR count). The van der Waals surface area contributed by atoms with E-state index in [1.807, 2.05) is 20.8 Å². The van der Waals surface area contributed by atoms with Crippen LogP contribution in [0.15, 0.2) is 0 Å². The van der Waals surface area contributed by atoms with Crippen LogP contribution >= 0.6 is 0 Å². The monoisotopic (exact) mass is 203 g/mol. The van der Waals surface area contributed by atoms with E-state index in [0.717, 1.165) is 13.2 Å². The van der Waals surface area contributed by atoms with Crippen molar-refractivity contribution in [3.63, 3.8) is 0 Å². The zero-order chi connectivity index (χ0) is 11.0. The maximum atomic E-state index is 5.53. The van der Waals surface area contributed by atoms with Gasteiger partial charge in [0.15, 0.2) is 0 Å². The number of nitrogens with one attached hydrogen (secondary N) is 1. The Bertz CT molecular complexity index is 132. The highest BCUT2D eigenvalue weighted by Gasteiger charge is 2.09. The number of likely N-dealkylation sites (N-methyl/N-ethyl adjacent to an activating group) is 1. The first-order valence-corrected chi connectivity index (χ1v) is 5.41. The summed E-state index contributed by atoms with van der Waals surface area (Å²) in [5.41, 5.74) is -0.0589. The molecule has 0 aliphatic rings. The van der Waals surface area contributed by atoms with Crippen LogP contribution in [0.25, 0.3) is 0 Å². The maximum Gasteiger partial charge on any atom is 0.0707 e. The predicted octanol–water partition coefficient (Wildman–Crippen LogP) is 1.82. The normalized spacial score (nSPS) is 14.4. The van der Waals surface area contributed by atoms with Crippen LogP contribution in [0.3, 0.4) is 0 Å². The van der Waals surface area contributed by atoms with Gasteiger partial charge in [0, 0.05) is 6.04 Å². The summed E-state index contributed by atoms with van der Waals surface area (Å²) in [4.78, 5) is 0. The highest BCUT2D eigenvalue weighted by molar-refractivity contribution is 4.59. The lowest BCUT2D eigenvalue weighted by Crippen LogP contribution is -2.31. The lowest BCUT2D eigenvalue weighted by Gasteiger charge is -2.20. The van der Waals surface area contributed by atoms with Crippen molar-refractivity contribution in [2.45, 2.75) is 46.3 Å². The first-order chi connectivity index (χ1) is 6.45. The average molecular weight is 203 g/mol. The number of ether oxygens (including phenoxy) is 2. The molecule has 14 heavy (non-hydrogen) atoms. The minimum absolute atomic E-state index is 0.0589. The van der Waals surface area contributed by atoms with E-state index in [-0.39, 0.29) is 5.60 Å². The smallest absolute Gasteiger partial charge is 0.0707 e. The average Bonchev–Trinajstić information content (AvgIpc) is 2.02. The molecule has 0 heterocycles. The van der Waals surface area contributed by atoms with Gasteiger partial charge in [0.1, 0.15) is 0 Å². The van der Waals surface area contributed by atoms with Gasteiger partial charge in [-0.25, -0.2) is 0 Å². The van der Waals surface area contributed by atoms with Gasteiger partial charge in [-0.05, 0) is 34.2 Å². The zero-order valence-electron chi connectivity index (χ0n) is 10.2. The molecule has 0 aliphatic carbocycles. The predicted molar refractivity (Wildman–Crippen MR) is 59.7 cm³/mol. The fraction of sp³-hybridized carbons (Fsp3) is 1.00. The molecular weight excluding hydrogens is 178 g/mol. The largest absolute Gasteiger partial charge is 0.377 e. The first-order valence-electron chi connectivity index (χ1n) is 5.41. The van der Waals surface area contributed by atoms with Gasteiger partial charge < -0.3 is 14.8 Å². The SMILES string of the molecule is CCNC(C)COCCOC(C)(C)C. The van der Waals surface area contributed by atoms with Crippen LogP contribution in [0.5, 0.6) is 0 Å². The van der Waals surface area contributed by atoms with Gasteiger partial charge in [0.2, 0.25) is 0 Å². The first kappa shape index (κ1) is 13.9. The van der Waals surface area contributed by atoms with Gasteiger partial charge in [-0.2, -0.15) is 0 Å². The summed E-state index contributed by atoms with van der Waals surface area (Å²) < 4.78 is 11.0. The second-order valence-corrected chi connectivity index (χ2v) is 4.49. The maximum absolute atomic E-state index is 5.53. The molecule has 3 heteroatoms. The second kappa shape index (κ2) is 7.21. The van der Waals surface area contributed by atoms with Crippen molar-refractivity contribution in [2.75, 3.05) is 26.4 Å². The second-order valence-electron chi connectivity index (χ2n) is 4.49. The molecule has 0 saturated carbocycles. The topological polar surface area (TPSA) is 30.5 Å². The molecule has 0 aliphatic heterocycles. The zero-order valence-corrected chi connectivity index (χ0v) is 10.2. The molecule has 86 valence electrons. The van der Waals surface area contributed by atoms with Gasteiger partial charge in [0.05, 0.1) is 25.4 Å². The van der Waals surface area contributed by atoms with Crippen LogP contribution in [0, 0.1) is 0 Å². The molecule has 3 nitrogen and oxygen atoms in total. The van der Waals surface area contributed by atoms with Crippen molar-refractivity contribution in [1.29, 1.82) is 0 Å². The summed E-state index contributed by atoms with van der Waals surface area (Å²) in [6.07, 6.45) is 0. The molecule has 1 atom stereocenters. The number of hydrogen-bond donors (Lipinski definition) is 1. The summed E-state index contributed by atoms with van der Waals surface area (Å²) in [5, 5.41) is 3.29. The summed E-state index contributed by atoms with van der Waals surface area (Å²) in [6.45, 7) is 13.4. The standard InChI is InChI=1S/C11H25NO2/c1-6-12-10(2)9-13-7-8-14-11(3,4)5/h10,12H,6-9H2,1-5H3. The van der Waals surface area contributed by atoms with Gasteiger partial charge in [0.25, 0.3) is 0 Å². The van der Waals surface area contributed by atoms with E-state index in [9.17, 15) is 0 Å². The summed E-state index contributed by atoms with van der Waals surface area (Å²) in [5.74, 6) is 0. The molecule has 1 unspecified atom stereocenters. The summed E-state index contributed by atoms with van der Waals surface area (Å²) in [7, 11) is 0. The van der Waals surface area contributed by atoms with E-state index in [2.05, 4.69) is 19.2 Å².